The van der Waals surface area contributed by atoms with Crippen LogP contribution in [0.5, 0.6) is 0 Å². The Morgan fingerprint density at radius 3 is 2.92 bits per heavy atom. The lowest BCUT2D eigenvalue weighted by Gasteiger charge is -2.08. The van der Waals surface area contributed by atoms with E-state index in [1.807, 2.05) is 6.92 Å². The summed E-state index contributed by atoms with van der Waals surface area (Å²) in [5, 5.41) is 5.33. The summed E-state index contributed by atoms with van der Waals surface area (Å²) in [5.41, 5.74) is 0.781. The average Bonchev–Trinajstić information content (AvgIpc) is 3.01. The molecule has 6 nitrogen and oxygen atoms in total. The fourth-order valence-electron chi connectivity index (χ4n) is 2.53. The predicted octanol–water partition coefficient (Wildman–Crippen LogP) is 3.33. The van der Waals surface area contributed by atoms with Crippen LogP contribution >= 0.6 is 23.4 Å². The quantitative estimate of drug-likeness (QED) is 0.514. The SMILES string of the molecule is CCSc1nc2ncc3c(=O)n(-c4ccc(F)c(Cl)c4)ccc3n2n1. The number of thioether (sulfide) groups is 1. The summed E-state index contributed by atoms with van der Waals surface area (Å²) in [4.78, 5) is 21.4. The molecule has 0 saturated heterocycles. The van der Waals surface area contributed by atoms with Gasteiger partial charge in [-0.05, 0) is 30.0 Å². The van der Waals surface area contributed by atoms with Crippen molar-refractivity contribution in [2.24, 2.45) is 0 Å². The molecule has 126 valence electrons. The Labute approximate surface area is 150 Å². The van der Waals surface area contributed by atoms with E-state index in [2.05, 4.69) is 15.1 Å². The summed E-state index contributed by atoms with van der Waals surface area (Å²) in [6.07, 6.45) is 3.08. The topological polar surface area (TPSA) is 65.1 Å². The van der Waals surface area contributed by atoms with Crippen molar-refractivity contribution in [3.8, 4) is 5.69 Å². The van der Waals surface area contributed by atoms with Gasteiger partial charge in [-0.3, -0.25) is 9.36 Å². The van der Waals surface area contributed by atoms with E-state index >= 15 is 0 Å². The van der Waals surface area contributed by atoms with Crippen LogP contribution in [-0.4, -0.2) is 29.9 Å². The second-order valence-corrected chi connectivity index (χ2v) is 6.82. The summed E-state index contributed by atoms with van der Waals surface area (Å²) < 4.78 is 16.3. The molecule has 4 rings (SSSR count). The number of hydrogen-bond donors (Lipinski definition) is 0. The van der Waals surface area contributed by atoms with E-state index < -0.39 is 5.82 Å². The first-order chi connectivity index (χ1) is 12.1. The molecule has 0 amide bonds. The fourth-order valence-corrected chi connectivity index (χ4v) is 3.25. The lowest BCUT2D eigenvalue weighted by Crippen LogP contribution is -2.19. The smallest absolute Gasteiger partial charge is 0.266 e. The molecule has 1 aromatic carbocycles. The lowest BCUT2D eigenvalue weighted by molar-refractivity contribution is 0.627. The number of fused-ring (bicyclic) bond motifs is 3. The molecule has 3 aromatic heterocycles. The molecule has 9 heteroatoms. The summed E-state index contributed by atoms with van der Waals surface area (Å²) in [7, 11) is 0. The highest BCUT2D eigenvalue weighted by molar-refractivity contribution is 7.99. The number of hydrogen-bond acceptors (Lipinski definition) is 5. The van der Waals surface area contributed by atoms with Crippen LogP contribution in [-0.2, 0) is 0 Å². The fraction of sp³-hybridized carbons (Fsp3) is 0.125. The third kappa shape index (κ3) is 2.67. The highest BCUT2D eigenvalue weighted by atomic mass is 35.5. The number of rotatable bonds is 3. The van der Waals surface area contributed by atoms with Crippen molar-refractivity contribution in [3.63, 3.8) is 0 Å². The zero-order chi connectivity index (χ0) is 17.6. The second-order valence-electron chi connectivity index (χ2n) is 5.19. The first-order valence-electron chi connectivity index (χ1n) is 7.44. The molecule has 0 aliphatic carbocycles. The number of aromatic nitrogens is 5. The van der Waals surface area contributed by atoms with Crippen LogP contribution in [0.25, 0.3) is 22.4 Å². The molecule has 0 saturated carbocycles. The van der Waals surface area contributed by atoms with Gasteiger partial charge in [0.05, 0.1) is 21.6 Å². The van der Waals surface area contributed by atoms with E-state index in [1.54, 1.807) is 16.8 Å². The third-order valence-electron chi connectivity index (χ3n) is 3.67. The van der Waals surface area contributed by atoms with Crippen molar-refractivity contribution < 1.29 is 4.39 Å². The highest BCUT2D eigenvalue weighted by Crippen LogP contribution is 2.20. The summed E-state index contributed by atoms with van der Waals surface area (Å²) in [6, 6.07) is 5.87. The van der Waals surface area contributed by atoms with E-state index in [1.165, 1.54) is 40.7 Å². The minimum absolute atomic E-state index is 0.0458. The summed E-state index contributed by atoms with van der Waals surface area (Å²) in [5.74, 6) is 0.740. The standard InChI is InChI=1S/C16H11ClFN5OS/c1-2-25-16-20-15-19-8-10-13(23(15)21-16)5-6-22(14(10)24)9-3-4-12(18)11(17)7-9/h3-8H,2H2,1H3. The maximum Gasteiger partial charge on any atom is 0.266 e. The van der Waals surface area contributed by atoms with Gasteiger partial charge in [0, 0.05) is 12.4 Å². The van der Waals surface area contributed by atoms with Gasteiger partial charge in [-0.2, -0.15) is 9.50 Å². The monoisotopic (exact) mass is 375 g/mol. The van der Waals surface area contributed by atoms with Crippen LogP contribution in [0.4, 0.5) is 4.39 Å². The predicted molar refractivity (Wildman–Crippen MR) is 95.3 cm³/mol. The van der Waals surface area contributed by atoms with Crippen molar-refractivity contribution in [1.29, 1.82) is 0 Å². The first kappa shape index (κ1) is 16.0. The van der Waals surface area contributed by atoms with E-state index in [4.69, 9.17) is 11.6 Å². The average molecular weight is 376 g/mol. The minimum Gasteiger partial charge on any atom is -0.284 e. The molecule has 0 aliphatic heterocycles. The highest BCUT2D eigenvalue weighted by Gasteiger charge is 2.12. The molecular formula is C16H11ClFN5OS. The van der Waals surface area contributed by atoms with E-state index in [9.17, 15) is 9.18 Å². The molecule has 0 spiro atoms. The molecule has 0 bridgehead atoms. The summed E-state index contributed by atoms with van der Waals surface area (Å²) in [6.45, 7) is 2.01. The van der Waals surface area contributed by atoms with Gasteiger partial charge >= 0.3 is 0 Å². The first-order valence-corrected chi connectivity index (χ1v) is 8.80. The van der Waals surface area contributed by atoms with Gasteiger partial charge in [0.1, 0.15) is 5.82 Å². The molecule has 0 radical (unpaired) electrons. The maximum absolute atomic E-state index is 13.4. The molecular weight excluding hydrogens is 365 g/mol. The largest absolute Gasteiger partial charge is 0.284 e. The molecule has 4 aromatic rings. The van der Waals surface area contributed by atoms with Gasteiger partial charge in [0.25, 0.3) is 11.3 Å². The van der Waals surface area contributed by atoms with Gasteiger partial charge in [0.15, 0.2) is 0 Å². The Balaban J connectivity index is 1.94. The summed E-state index contributed by atoms with van der Waals surface area (Å²) >= 11 is 7.32. The van der Waals surface area contributed by atoms with Gasteiger partial charge < -0.3 is 0 Å². The van der Waals surface area contributed by atoms with Crippen molar-refractivity contribution in [3.05, 3.63) is 57.9 Å². The Morgan fingerprint density at radius 1 is 1.32 bits per heavy atom. The Kier molecular flexibility index (Phi) is 3.93. The second kappa shape index (κ2) is 6.12. The van der Waals surface area contributed by atoms with Crippen LogP contribution < -0.4 is 5.56 Å². The zero-order valence-corrected chi connectivity index (χ0v) is 14.6. The molecule has 0 aliphatic rings. The molecule has 25 heavy (non-hydrogen) atoms. The van der Waals surface area contributed by atoms with Crippen LogP contribution in [0.15, 0.2) is 46.6 Å². The molecule has 3 heterocycles. The molecule has 0 N–H and O–H groups in total. The Morgan fingerprint density at radius 2 is 2.16 bits per heavy atom. The van der Waals surface area contributed by atoms with E-state index in [0.717, 1.165) is 5.75 Å². The van der Waals surface area contributed by atoms with Crippen LogP contribution in [0.1, 0.15) is 6.92 Å². The van der Waals surface area contributed by atoms with Crippen molar-refractivity contribution in [2.45, 2.75) is 12.1 Å². The number of pyridine rings is 1. The van der Waals surface area contributed by atoms with Crippen LogP contribution in [0.3, 0.4) is 0 Å². The van der Waals surface area contributed by atoms with Crippen molar-refractivity contribution >= 4 is 40.0 Å². The zero-order valence-electron chi connectivity index (χ0n) is 13.0. The Bertz CT molecular complexity index is 1170. The van der Waals surface area contributed by atoms with Crippen LogP contribution in [0, 0.1) is 5.82 Å². The van der Waals surface area contributed by atoms with Gasteiger partial charge in [0.2, 0.25) is 5.16 Å². The van der Waals surface area contributed by atoms with Gasteiger partial charge in [-0.1, -0.05) is 30.3 Å². The van der Waals surface area contributed by atoms with Crippen molar-refractivity contribution in [2.75, 3.05) is 5.75 Å². The molecule has 0 unspecified atom stereocenters. The molecule has 0 atom stereocenters. The lowest BCUT2D eigenvalue weighted by atomic mass is 10.2. The van der Waals surface area contributed by atoms with Gasteiger partial charge in [-0.25, -0.2) is 9.37 Å². The number of benzene rings is 1. The third-order valence-corrected chi connectivity index (χ3v) is 4.68. The van der Waals surface area contributed by atoms with Gasteiger partial charge in [-0.15, -0.1) is 5.10 Å². The van der Waals surface area contributed by atoms with E-state index in [0.29, 0.717) is 27.5 Å². The Hall–Kier alpha value is -2.45. The number of halogens is 2. The van der Waals surface area contributed by atoms with Crippen molar-refractivity contribution in [1.82, 2.24) is 24.1 Å². The number of nitrogens with zero attached hydrogens (tertiary/aromatic N) is 5. The molecule has 0 fully saturated rings. The van der Waals surface area contributed by atoms with Crippen LogP contribution in [0.2, 0.25) is 5.02 Å². The van der Waals surface area contributed by atoms with E-state index in [-0.39, 0.29) is 10.6 Å². The normalized spacial score (nSPS) is 11.5. The maximum atomic E-state index is 13.4. The minimum atomic E-state index is -0.536.